The summed E-state index contributed by atoms with van der Waals surface area (Å²) in [5, 5.41) is 7.07. The van der Waals surface area contributed by atoms with Gasteiger partial charge >= 0.3 is 0 Å². The van der Waals surface area contributed by atoms with Gasteiger partial charge in [-0.2, -0.15) is 0 Å². The Morgan fingerprint density at radius 3 is 2.54 bits per heavy atom. The molecule has 4 unspecified atom stereocenters. The number of aliphatic imine (C=N–C) groups is 1. The number of rotatable bonds is 5. The van der Waals surface area contributed by atoms with Crippen molar-refractivity contribution in [3.63, 3.8) is 0 Å². The van der Waals surface area contributed by atoms with Crippen LogP contribution in [0.5, 0.6) is 0 Å². The Hall–Kier alpha value is -0.820. The molecule has 0 bridgehead atoms. The number of ether oxygens (including phenoxy) is 1. The number of hydrogen-bond acceptors (Lipinski definition) is 4. The van der Waals surface area contributed by atoms with Crippen molar-refractivity contribution in [3.05, 3.63) is 0 Å². The van der Waals surface area contributed by atoms with E-state index in [0.717, 1.165) is 50.2 Å². The van der Waals surface area contributed by atoms with Crippen LogP contribution in [0.1, 0.15) is 52.4 Å². The zero-order valence-corrected chi connectivity index (χ0v) is 17.1. The molecule has 2 aliphatic heterocycles. The summed E-state index contributed by atoms with van der Waals surface area (Å²) in [5.41, 5.74) is 0. The molecule has 0 aromatic carbocycles. The summed E-state index contributed by atoms with van der Waals surface area (Å²) in [5.74, 6) is 3.05. The largest absolute Gasteiger partial charge is 0.376 e. The fourth-order valence-corrected chi connectivity index (χ4v) is 6.51. The second kappa shape index (κ2) is 8.91. The fourth-order valence-electron chi connectivity index (χ4n) is 4.66. The molecule has 0 amide bonds. The summed E-state index contributed by atoms with van der Waals surface area (Å²) in [4.78, 5) is 4.75. The summed E-state index contributed by atoms with van der Waals surface area (Å²) in [6.07, 6.45) is 6.86. The lowest BCUT2D eigenvalue weighted by molar-refractivity contribution is 0.113. The molecule has 3 fully saturated rings. The van der Waals surface area contributed by atoms with Gasteiger partial charge in [-0.05, 0) is 56.3 Å². The van der Waals surface area contributed by atoms with E-state index in [1.807, 2.05) is 0 Å². The van der Waals surface area contributed by atoms with E-state index in [-0.39, 0.29) is 17.8 Å². The molecule has 2 saturated heterocycles. The minimum absolute atomic E-state index is 0.158. The molecule has 3 rings (SSSR count). The number of nitrogens with zero attached hydrogens (tertiary/aromatic N) is 1. The first kappa shape index (κ1) is 19.9. The highest BCUT2D eigenvalue weighted by Crippen LogP contribution is 2.28. The summed E-state index contributed by atoms with van der Waals surface area (Å²) in [7, 11) is -2.84. The molecular weight excluding hydrogens is 350 g/mol. The predicted octanol–water partition coefficient (Wildman–Crippen LogP) is 1.96. The van der Waals surface area contributed by atoms with E-state index in [1.165, 1.54) is 19.3 Å². The molecule has 2 N–H and O–H groups in total. The Morgan fingerprint density at radius 1 is 1.15 bits per heavy atom. The second-order valence-electron chi connectivity index (χ2n) is 8.73. The molecule has 1 saturated carbocycles. The standard InChI is InChI=1S/C19H35N3O3S/c1-14-8-15(2)10-17(9-14)22-19(21-12-18-4-3-6-25-18)20-11-16-5-7-26(23,24)13-16/h14-18H,3-13H2,1-2H3,(H2,20,21,22). The number of nitrogens with one attached hydrogen (secondary N) is 2. The van der Waals surface area contributed by atoms with Gasteiger partial charge in [0.25, 0.3) is 0 Å². The Bertz CT molecular complexity index is 577. The Morgan fingerprint density at radius 2 is 1.92 bits per heavy atom. The normalized spacial score (nSPS) is 37.6. The zero-order chi connectivity index (χ0) is 18.6. The van der Waals surface area contributed by atoms with Gasteiger partial charge in [-0.1, -0.05) is 13.8 Å². The maximum atomic E-state index is 11.7. The van der Waals surface area contributed by atoms with Gasteiger partial charge in [-0.3, -0.25) is 4.99 Å². The van der Waals surface area contributed by atoms with Crippen LogP contribution in [0.4, 0.5) is 0 Å². The molecule has 2 heterocycles. The molecule has 0 radical (unpaired) electrons. The highest BCUT2D eigenvalue weighted by atomic mass is 32.2. The molecule has 6 nitrogen and oxygen atoms in total. The summed E-state index contributed by atoms with van der Waals surface area (Å²) < 4.78 is 29.1. The van der Waals surface area contributed by atoms with Crippen molar-refractivity contribution in [3.8, 4) is 0 Å². The zero-order valence-electron chi connectivity index (χ0n) is 16.2. The maximum Gasteiger partial charge on any atom is 0.191 e. The van der Waals surface area contributed by atoms with E-state index in [1.54, 1.807) is 0 Å². The molecule has 3 aliphatic rings. The lowest BCUT2D eigenvalue weighted by Gasteiger charge is -2.33. The van der Waals surface area contributed by atoms with Crippen LogP contribution in [0.2, 0.25) is 0 Å². The SMILES string of the molecule is CC1CC(C)CC(NC(=NCC2CCS(=O)(=O)C2)NCC2CCCO2)C1. The lowest BCUT2D eigenvalue weighted by Crippen LogP contribution is -2.48. The van der Waals surface area contributed by atoms with E-state index < -0.39 is 9.84 Å². The smallest absolute Gasteiger partial charge is 0.191 e. The average Bonchev–Trinajstić information content (AvgIpc) is 3.18. The third-order valence-electron chi connectivity index (χ3n) is 5.87. The van der Waals surface area contributed by atoms with Crippen molar-refractivity contribution >= 4 is 15.8 Å². The average molecular weight is 386 g/mol. The number of sulfone groups is 1. The van der Waals surface area contributed by atoms with Crippen molar-refractivity contribution in [2.24, 2.45) is 22.7 Å². The van der Waals surface area contributed by atoms with Crippen molar-refractivity contribution in [2.75, 3.05) is 31.2 Å². The van der Waals surface area contributed by atoms with E-state index in [4.69, 9.17) is 9.73 Å². The van der Waals surface area contributed by atoms with Crippen molar-refractivity contribution in [1.82, 2.24) is 10.6 Å². The van der Waals surface area contributed by atoms with E-state index in [2.05, 4.69) is 24.5 Å². The van der Waals surface area contributed by atoms with Gasteiger partial charge in [0.1, 0.15) is 0 Å². The molecule has 0 aromatic heterocycles. The van der Waals surface area contributed by atoms with E-state index in [9.17, 15) is 8.42 Å². The minimum atomic E-state index is -2.84. The summed E-state index contributed by atoms with van der Waals surface area (Å²) in [6, 6.07) is 0.441. The monoisotopic (exact) mass is 385 g/mol. The number of hydrogen-bond donors (Lipinski definition) is 2. The molecule has 7 heteroatoms. The van der Waals surface area contributed by atoms with Crippen LogP contribution in [0.25, 0.3) is 0 Å². The third-order valence-corrected chi connectivity index (χ3v) is 7.71. The van der Waals surface area contributed by atoms with Gasteiger partial charge < -0.3 is 15.4 Å². The van der Waals surface area contributed by atoms with Gasteiger partial charge in [0.2, 0.25) is 0 Å². The van der Waals surface area contributed by atoms with E-state index in [0.29, 0.717) is 18.3 Å². The molecular formula is C19H35N3O3S. The minimum Gasteiger partial charge on any atom is -0.376 e. The Balaban J connectivity index is 1.57. The molecule has 1 aliphatic carbocycles. The van der Waals surface area contributed by atoms with Gasteiger partial charge in [0.15, 0.2) is 15.8 Å². The summed E-state index contributed by atoms with van der Waals surface area (Å²) >= 11 is 0. The lowest BCUT2D eigenvalue weighted by atomic mass is 9.80. The van der Waals surface area contributed by atoms with E-state index >= 15 is 0 Å². The van der Waals surface area contributed by atoms with Crippen molar-refractivity contribution in [2.45, 2.75) is 64.5 Å². The fraction of sp³-hybridized carbons (Fsp3) is 0.947. The predicted molar refractivity (Wildman–Crippen MR) is 105 cm³/mol. The Kier molecular flexibility index (Phi) is 6.83. The molecule has 4 atom stereocenters. The van der Waals surface area contributed by atoms with Crippen LogP contribution in [-0.2, 0) is 14.6 Å². The first-order chi connectivity index (χ1) is 12.4. The maximum absolute atomic E-state index is 11.7. The third kappa shape index (κ3) is 6.12. The van der Waals surface area contributed by atoms with Crippen LogP contribution < -0.4 is 10.6 Å². The Labute approximate surface area is 158 Å². The van der Waals surface area contributed by atoms with Crippen LogP contribution in [0.15, 0.2) is 4.99 Å². The van der Waals surface area contributed by atoms with Crippen LogP contribution in [-0.4, -0.2) is 57.7 Å². The topological polar surface area (TPSA) is 79.8 Å². The highest BCUT2D eigenvalue weighted by Gasteiger charge is 2.28. The molecule has 150 valence electrons. The van der Waals surface area contributed by atoms with Crippen LogP contribution in [0, 0.1) is 17.8 Å². The van der Waals surface area contributed by atoms with Crippen molar-refractivity contribution < 1.29 is 13.2 Å². The van der Waals surface area contributed by atoms with Crippen molar-refractivity contribution in [1.29, 1.82) is 0 Å². The van der Waals surface area contributed by atoms with Gasteiger partial charge in [-0.15, -0.1) is 0 Å². The van der Waals surface area contributed by atoms with Gasteiger partial charge in [-0.25, -0.2) is 8.42 Å². The molecule has 0 spiro atoms. The van der Waals surface area contributed by atoms with Gasteiger partial charge in [0.05, 0.1) is 17.6 Å². The highest BCUT2D eigenvalue weighted by molar-refractivity contribution is 7.91. The van der Waals surface area contributed by atoms with Crippen LogP contribution >= 0.6 is 0 Å². The van der Waals surface area contributed by atoms with Gasteiger partial charge in [0, 0.05) is 25.7 Å². The quantitative estimate of drug-likeness (QED) is 0.559. The van der Waals surface area contributed by atoms with Crippen LogP contribution in [0.3, 0.4) is 0 Å². The molecule has 26 heavy (non-hydrogen) atoms. The first-order valence-electron chi connectivity index (χ1n) is 10.3. The summed E-state index contributed by atoms with van der Waals surface area (Å²) in [6.45, 7) is 6.85. The number of guanidine groups is 1. The first-order valence-corrected chi connectivity index (χ1v) is 12.1. The molecule has 0 aromatic rings. The second-order valence-corrected chi connectivity index (χ2v) is 11.0.